The number of carbonyl (C=O) groups is 2. The van der Waals surface area contributed by atoms with Gasteiger partial charge in [-0.1, -0.05) is 0 Å². The number of aromatic nitrogens is 2. The number of carboxylic acid groups (broad SMARTS) is 1. The van der Waals surface area contributed by atoms with E-state index in [9.17, 15) is 9.59 Å². The van der Waals surface area contributed by atoms with E-state index < -0.39 is 5.97 Å². The third kappa shape index (κ3) is 4.75. The molecule has 0 radical (unpaired) electrons. The van der Waals surface area contributed by atoms with Gasteiger partial charge in [-0.05, 0) is 24.7 Å². The predicted molar refractivity (Wildman–Crippen MR) is 75.0 cm³/mol. The van der Waals surface area contributed by atoms with Crippen molar-refractivity contribution in [3.63, 3.8) is 0 Å². The quantitative estimate of drug-likeness (QED) is 0.661. The van der Waals surface area contributed by atoms with Crippen LogP contribution in [0.3, 0.4) is 0 Å². The molecule has 0 aromatic carbocycles. The molecule has 0 aliphatic heterocycles. The fourth-order valence-corrected chi connectivity index (χ4v) is 2.11. The normalized spacial score (nSPS) is 15.5. The van der Waals surface area contributed by atoms with Gasteiger partial charge in [0.15, 0.2) is 0 Å². The highest BCUT2D eigenvalue weighted by Crippen LogP contribution is 2.48. The minimum absolute atomic E-state index is 0.181. The van der Waals surface area contributed by atoms with E-state index in [-0.39, 0.29) is 18.0 Å². The molecule has 1 saturated carbocycles. The first-order valence-electron chi connectivity index (χ1n) is 6.81. The molecule has 0 bridgehead atoms. The number of carbonyl (C=O) groups excluding carboxylic acids is 1. The number of aliphatic carboxylic acids is 1. The van der Waals surface area contributed by atoms with Gasteiger partial charge in [0.05, 0.1) is 11.9 Å². The number of carboxylic acids is 1. The fourth-order valence-electron chi connectivity index (χ4n) is 2.11. The molecule has 21 heavy (non-hydrogen) atoms. The number of nitrogens with one attached hydrogen (secondary N) is 2. The number of methoxy groups -OCH3 is 1. The Hall–Kier alpha value is -2.09. The zero-order valence-corrected chi connectivity index (χ0v) is 12.0. The third-order valence-electron chi connectivity index (χ3n) is 3.61. The molecular formula is C13H20N4O4. The lowest BCUT2D eigenvalue weighted by atomic mass is 10.0. The summed E-state index contributed by atoms with van der Waals surface area (Å²) in [6.07, 6.45) is 6.05. The molecule has 0 atom stereocenters. The van der Waals surface area contributed by atoms with E-state index in [1.54, 1.807) is 7.11 Å². The lowest BCUT2D eigenvalue weighted by molar-refractivity contribution is -0.137. The van der Waals surface area contributed by atoms with Crippen molar-refractivity contribution in [1.82, 2.24) is 15.1 Å². The summed E-state index contributed by atoms with van der Waals surface area (Å²) in [5, 5.41) is 18.0. The smallest absolute Gasteiger partial charge is 0.325 e. The largest absolute Gasteiger partial charge is 0.480 e. The van der Waals surface area contributed by atoms with Crippen molar-refractivity contribution < 1.29 is 19.4 Å². The first-order chi connectivity index (χ1) is 10.0. The van der Waals surface area contributed by atoms with Crippen molar-refractivity contribution in [2.75, 3.05) is 25.6 Å². The highest BCUT2D eigenvalue weighted by atomic mass is 16.5. The number of ether oxygens (including phenoxy) is 1. The van der Waals surface area contributed by atoms with Crippen molar-refractivity contribution >= 4 is 17.7 Å². The minimum atomic E-state index is -0.983. The van der Waals surface area contributed by atoms with E-state index in [4.69, 9.17) is 9.84 Å². The molecule has 0 unspecified atom stereocenters. The molecule has 116 valence electrons. The van der Waals surface area contributed by atoms with Crippen LogP contribution in [0.4, 0.5) is 10.5 Å². The van der Waals surface area contributed by atoms with Crippen LogP contribution in [-0.4, -0.2) is 47.1 Å². The Kier molecular flexibility index (Phi) is 4.79. The number of anilines is 1. The summed E-state index contributed by atoms with van der Waals surface area (Å²) in [5.74, 6) is -0.983. The average Bonchev–Trinajstić information content (AvgIpc) is 3.08. The molecule has 8 nitrogen and oxygen atoms in total. The van der Waals surface area contributed by atoms with Gasteiger partial charge in [-0.2, -0.15) is 5.10 Å². The van der Waals surface area contributed by atoms with Gasteiger partial charge in [0.25, 0.3) is 0 Å². The van der Waals surface area contributed by atoms with E-state index >= 15 is 0 Å². The first kappa shape index (κ1) is 15.3. The number of urea groups is 1. The highest BCUT2D eigenvalue weighted by Gasteiger charge is 2.42. The second-order valence-corrected chi connectivity index (χ2v) is 5.37. The summed E-state index contributed by atoms with van der Waals surface area (Å²) in [6.45, 7) is 1.08. The fraction of sp³-hybridized carbons (Fsp3) is 0.615. The Balaban J connectivity index is 1.74. The van der Waals surface area contributed by atoms with Crippen LogP contribution in [0.1, 0.15) is 19.3 Å². The lowest BCUT2D eigenvalue weighted by Crippen LogP contribution is -2.34. The Labute approximate surface area is 122 Å². The van der Waals surface area contributed by atoms with Gasteiger partial charge in [-0.25, -0.2) is 4.79 Å². The zero-order valence-electron chi connectivity index (χ0n) is 12.0. The Bertz CT molecular complexity index is 510. The van der Waals surface area contributed by atoms with Gasteiger partial charge in [0.1, 0.15) is 6.54 Å². The summed E-state index contributed by atoms with van der Waals surface area (Å²) in [7, 11) is 1.67. The molecular weight excluding hydrogens is 276 g/mol. The lowest BCUT2D eigenvalue weighted by Gasteiger charge is -2.15. The van der Waals surface area contributed by atoms with Crippen molar-refractivity contribution in [3.8, 4) is 0 Å². The number of hydrogen-bond donors (Lipinski definition) is 3. The van der Waals surface area contributed by atoms with Crippen LogP contribution >= 0.6 is 0 Å². The summed E-state index contributed by atoms with van der Waals surface area (Å²) in [4.78, 5) is 22.3. The summed E-state index contributed by atoms with van der Waals surface area (Å²) in [5.41, 5.74) is 0.649. The molecule has 0 spiro atoms. The van der Waals surface area contributed by atoms with E-state index in [0.717, 1.165) is 19.3 Å². The highest BCUT2D eigenvalue weighted by molar-refractivity contribution is 5.88. The molecule has 1 heterocycles. The average molecular weight is 296 g/mol. The molecule has 2 rings (SSSR count). The molecule has 0 saturated heterocycles. The molecule has 8 heteroatoms. The van der Waals surface area contributed by atoms with Crippen LogP contribution in [0.25, 0.3) is 0 Å². The minimum Gasteiger partial charge on any atom is -0.480 e. The van der Waals surface area contributed by atoms with Gasteiger partial charge >= 0.3 is 12.0 Å². The molecule has 1 aliphatic carbocycles. The number of hydrogen-bond acceptors (Lipinski definition) is 4. The molecule has 1 aromatic rings. The van der Waals surface area contributed by atoms with Gasteiger partial charge in [0.2, 0.25) is 0 Å². The SMILES string of the molecule is COCCC1(CNC(=O)Nc2cnn(CC(=O)O)c2)CC1. The Morgan fingerprint density at radius 3 is 2.90 bits per heavy atom. The number of nitrogens with zero attached hydrogens (tertiary/aromatic N) is 2. The third-order valence-corrected chi connectivity index (χ3v) is 3.61. The van der Waals surface area contributed by atoms with Crippen LogP contribution in [0.5, 0.6) is 0 Å². The van der Waals surface area contributed by atoms with E-state index in [0.29, 0.717) is 18.8 Å². The summed E-state index contributed by atoms with van der Waals surface area (Å²) in [6, 6.07) is -0.312. The molecule has 2 amide bonds. The number of rotatable bonds is 8. The Morgan fingerprint density at radius 1 is 1.52 bits per heavy atom. The van der Waals surface area contributed by atoms with Crippen LogP contribution in [0.2, 0.25) is 0 Å². The van der Waals surface area contributed by atoms with E-state index in [2.05, 4.69) is 15.7 Å². The molecule has 1 aliphatic rings. The van der Waals surface area contributed by atoms with Crippen molar-refractivity contribution in [1.29, 1.82) is 0 Å². The van der Waals surface area contributed by atoms with Gasteiger partial charge in [-0.3, -0.25) is 9.48 Å². The van der Waals surface area contributed by atoms with Crippen LogP contribution < -0.4 is 10.6 Å². The van der Waals surface area contributed by atoms with Crippen molar-refractivity contribution in [2.45, 2.75) is 25.8 Å². The number of amides is 2. The standard InChI is InChI=1S/C13H20N4O4/c1-21-5-4-13(2-3-13)9-14-12(20)16-10-6-15-17(7-10)8-11(18)19/h6-7H,2-5,8-9H2,1H3,(H,18,19)(H2,14,16,20). The van der Waals surface area contributed by atoms with Crippen LogP contribution in [0, 0.1) is 5.41 Å². The van der Waals surface area contributed by atoms with Crippen LogP contribution in [0.15, 0.2) is 12.4 Å². The molecule has 3 N–H and O–H groups in total. The summed E-state index contributed by atoms with van der Waals surface area (Å²) < 4.78 is 6.32. The maximum Gasteiger partial charge on any atom is 0.325 e. The van der Waals surface area contributed by atoms with Crippen LogP contribution in [-0.2, 0) is 16.1 Å². The monoisotopic (exact) mass is 296 g/mol. The van der Waals surface area contributed by atoms with Crippen molar-refractivity contribution in [2.24, 2.45) is 5.41 Å². The van der Waals surface area contributed by atoms with E-state index in [1.807, 2.05) is 0 Å². The Morgan fingerprint density at radius 2 is 2.29 bits per heavy atom. The predicted octanol–water partition coefficient (Wildman–Crippen LogP) is 0.906. The molecule has 1 aromatic heterocycles. The van der Waals surface area contributed by atoms with Gasteiger partial charge < -0.3 is 20.5 Å². The zero-order chi connectivity index (χ0) is 15.3. The second kappa shape index (κ2) is 6.57. The first-order valence-corrected chi connectivity index (χ1v) is 6.81. The van der Waals surface area contributed by atoms with Gasteiger partial charge in [0, 0.05) is 26.5 Å². The second-order valence-electron chi connectivity index (χ2n) is 5.37. The van der Waals surface area contributed by atoms with Crippen molar-refractivity contribution in [3.05, 3.63) is 12.4 Å². The van der Waals surface area contributed by atoms with Gasteiger partial charge in [-0.15, -0.1) is 0 Å². The maximum atomic E-state index is 11.8. The maximum absolute atomic E-state index is 11.8. The molecule has 1 fully saturated rings. The van der Waals surface area contributed by atoms with E-state index in [1.165, 1.54) is 17.1 Å². The summed E-state index contributed by atoms with van der Waals surface area (Å²) >= 11 is 0. The topological polar surface area (TPSA) is 105 Å².